The van der Waals surface area contributed by atoms with Crippen molar-refractivity contribution >= 4 is 26.7 Å². The summed E-state index contributed by atoms with van der Waals surface area (Å²) >= 11 is 0. The van der Waals surface area contributed by atoms with Crippen LogP contribution < -0.4 is 10.5 Å². The number of amides is 1. The number of nitrogens with one attached hydrogen (secondary N) is 1. The van der Waals surface area contributed by atoms with Gasteiger partial charge in [0.05, 0.1) is 4.90 Å². The number of fused-ring (bicyclic) bond motifs is 1. The lowest BCUT2D eigenvalue weighted by Gasteiger charge is -2.33. The van der Waals surface area contributed by atoms with Crippen molar-refractivity contribution in [2.75, 3.05) is 13.1 Å². The van der Waals surface area contributed by atoms with Gasteiger partial charge in [0.15, 0.2) is 11.6 Å². The minimum Gasteiger partial charge on any atom is -0.343 e. The van der Waals surface area contributed by atoms with Gasteiger partial charge in [0.2, 0.25) is 15.9 Å². The third-order valence-corrected chi connectivity index (χ3v) is 7.80. The van der Waals surface area contributed by atoms with Gasteiger partial charge < -0.3 is 10.6 Å². The first kappa shape index (κ1) is 25.2. The van der Waals surface area contributed by atoms with Gasteiger partial charge in [0.1, 0.15) is 5.82 Å². The van der Waals surface area contributed by atoms with E-state index in [0.29, 0.717) is 37.4 Å². The van der Waals surface area contributed by atoms with Gasteiger partial charge in [-0.3, -0.25) is 4.79 Å². The number of benzene rings is 3. The van der Waals surface area contributed by atoms with Crippen LogP contribution in [0.4, 0.5) is 13.2 Å². The Labute approximate surface area is 202 Å². The number of hydrogen-bond acceptors (Lipinski definition) is 4. The smallest absolute Gasteiger partial charge is 0.241 e. The highest BCUT2D eigenvalue weighted by molar-refractivity contribution is 7.89. The number of carbonyl (C=O) groups excluding carboxylic acids is 1. The molecule has 0 aliphatic carbocycles. The Bertz CT molecular complexity index is 1340. The molecule has 0 spiro atoms. The molecular formula is C25H26F3N3O3S. The van der Waals surface area contributed by atoms with Crippen molar-refractivity contribution in [1.82, 2.24) is 9.62 Å². The zero-order chi connectivity index (χ0) is 25.2. The second-order valence-electron chi connectivity index (χ2n) is 8.78. The van der Waals surface area contributed by atoms with Crippen LogP contribution in [0.15, 0.2) is 59.5 Å². The maximum Gasteiger partial charge on any atom is 0.241 e. The van der Waals surface area contributed by atoms with Gasteiger partial charge in [-0.1, -0.05) is 36.4 Å². The van der Waals surface area contributed by atoms with Gasteiger partial charge in [0, 0.05) is 43.0 Å². The van der Waals surface area contributed by atoms with Gasteiger partial charge in [0.25, 0.3) is 0 Å². The lowest BCUT2D eigenvalue weighted by Crippen LogP contribution is -2.47. The van der Waals surface area contributed by atoms with Crippen molar-refractivity contribution in [2.24, 2.45) is 5.73 Å². The molecule has 1 aliphatic rings. The summed E-state index contributed by atoms with van der Waals surface area (Å²) in [6.07, 6.45) is 0.659. The lowest BCUT2D eigenvalue weighted by molar-refractivity contribution is -0.132. The Kier molecular flexibility index (Phi) is 7.44. The summed E-state index contributed by atoms with van der Waals surface area (Å²) in [7, 11) is -3.75. The van der Waals surface area contributed by atoms with E-state index in [-0.39, 0.29) is 35.2 Å². The normalized spacial score (nSPS) is 15.9. The molecule has 0 saturated carbocycles. The Morgan fingerprint density at radius 3 is 2.40 bits per heavy atom. The van der Waals surface area contributed by atoms with Crippen LogP contribution in [-0.2, 0) is 21.2 Å². The fourth-order valence-electron chi connectivity index (χ4n) is 4.39. The fourth-order valence-corrected chi connectivity index (χ4v) is 5.92. The second-order valence-corrected chi connectivity index (χ2v) is 10.5. The average molecular weight is 506 g/mol. The van der Waals surface area contributed by atoms with Gasteiger partial charge >= 0.3 is 0 Å². The number of rotatable bonds is 7. The Morgan fingerprint density at radius 2 is 1.66 bits per heavy atom. The molecule has 3 aromatic carbocycles. The summed E-state index contributed by atoms with van der Waals surface area (Å²) in [5.74, 6) is -3.62. The van der Waals surface area contributed by atoms with Gasteiger partial charge in [-0.25, -0.2) is 26.3 Å². The van der Waals surface area contributed by atoms with Crippen LogP contribution in [0.1, 0.15) is 24.8 Å². The fraction of sp³-hybridized carbons (Fsp3) is 0.320. The van der Waals surface area contributed by atoms with E-state index in [2.05, 4.69) is 4.72 Å². The summed E-state index contributed by atoms with van der Waals surface area (Å²) < 4.78 is 69.2. The third-order valence-electron chi connectivity index (χ3n) is 6.22. The molecule has 1 amide bonds. The molecule has 1 aliphatic heterocycles. The highest BCUT2D eigenvalue weighted by Crippen LogP contribution is 2.24. The predicted molar refractivity (Wildman–Crippen MR) is 126 cm³/mol. The minimum absolute atomic E-state index is 0.0919. The first-order valence-corrected chi connectivity index (χ1v) is 12.8. The summed E-state index contributed by atoms with van der Waals surface area (Å²) in [5, 5.41) is 1.47. The molecule has 186 valence electrons. The van der Waals surface area contributed by atoms with Crippen LogP contribution >= 0.6 is 0 Å². The van der Waals surface area contributed by atoms with E-state index in [4.69, 9.17) is 5.73 Å². The maximum atomic E-state index is 13.9. The van der Waals surface area contributed by atoms with Crippen LogP contribution in [0.2, 0.25) is 0 Å². The number of sulfonamides is 1. The Hall–Kier alpha value is -2.95. The van der Waals surface area contributed by atoms with E-state index in [1.54, 1.807) is 29.2 Å². The van der Waals surface area contributed by atoms with E-state index >= 15 is 0 Å². The molecule has 0 unspecified atom stereocenters. The number of likely N-dealkylation sites (tertiary alicyclic amines) is 1. The van der Waals surface area contributed by atoms with Crippen molar-refractivity contribution in [3.63, 3.8) is 0 Å². The summed E-state index contributed by atoms with van der Waals surface area (Å²) in [4.78, 5) is 14.4. The van der Waals surface area contributed by atoms with Gasteiger partial charge in [-0.15, -0.1) is 0 Å². The van der Waals surface area contributed by atoms with E-state index < -0.39 is 33.5 Å². The molecule has 3 aromatic rings. The topological polar surface area (TPSA) is 92.5 Å². The summed E-state index contributed by atoms with van der Waals surface area (Å²) in [5.41, 5.74) is 5.88. The molecule has 0 radical (unpaired) electrons. The predicted octanol–water partition coefficient (Wildman–Crippen LogP) is 3.49. The largest absolute Gasteiger partial charge is 0.343 e. The zero-order valence-electron chi connectivity index (χ0n) is 18.9. The molecule has 1 heterocycles. The first-order valence-electron chi connectivity index (χ1n) is 11.3. The molecule has 10 heteroatoms. The number of carbonyl (C=O) groups is 1. The molecule has 0 bridgehead atoms. The molecular weight excluding hydrogens is 479 g/mol. The average Bonchev–Trinajstić information content (AvgIpc) is 2.82. The van der Waals surface area contributed by atoms with Crippen molar-refractivity contribution in [1.29, 1.82) is 0 Å². The third kappa shape index (κ3) is 5.83. The molecule has 6 nitrogen and oxygen atoms in total. The highest BCUT2D eigenvalue weighted by atomic mass is 32.2. The Balaban J connectivity index is 1.32. The molecule has 0 aromatic heterocycles. The van der Waals surface area contributed by atoms with Gasteiger partial charge in [-0.2, -0.15) is 0 Å². The minimum atomic E-state index is -3.75. The van der Waals surface area contributed by atoms with E-state index in [1.165, 1.54) is 0 Å². The Morgan fingerprint density at radius 1 is 1.00 bits per heavy atom. The second kappa shape index (κ2) is 10.3. The van der Waals surface area contributed by atoms with Crippen molar-refractivity contribution < 1.29 is 26.4 Å². The van der Waals surface area contributed by atoms with E-state index in [1.807, 2.05) is 18.2 Å². The molecule has 3 N–H and O–H groups in total. The standard InChI is InChI=1S/C25H26F3N3O3S/c26-21-15-23(28)22(27)13-17(21)12-18(29)14-25(32)31-10-8-19(9-11-31)30-35(33,34)24-7-3-5-16-4-1-2-6-20(16)24/h1-7,13,15,18-19,30H,8-12,14,29H2/t18-/m1/s1. The highest BCUT2D eigenvalue weighted by Gasteiger charge is 2.28. The number of halogens is 3. The van der Waals surface area contributed by atoms with Crippen LogP contribution in [0.5, 0.6) is 0 Å². The van der Waals surface area contributed by atoms with Crippen molar-refractivity contribution in [3.05, 3.63) is 77.6 Å². The monoisotopic (exact) mass is 505 g/mol. The lowest BCUT2D eigenvalue weighted by atomic mass is 10.0. The van der Waals surface area contributed by atoms with Crippen LogP contribution in [0.3, 0.4) is 0 Å². The van der Waals surface area contributed by atoms with Crippen molar-refractivity contribution in [2.45, 2.75) is 42.7 Å². The van der Waals surface area contributed by atoms with Crippen LogP contribution in [0.25, 0.3) is 10.8 Å². The summed E-state index contributed by atoms with van der Waals surface area (Å²) in [6.45, 7) is 0.682. The molecule has 4 rings (SSSR count). The van der Waals surface area contributed by atoms with Crippen LogP contribution in [0, 0.1) is 17.5 Å². The van der Waals surface area contributed by atoms with Crippen LogP contribution in [-0.4, -0.2) is 44.4 Å². The number of hydrogen-bond donors (Lipinski definition) is 2. The van der Waals surface area contributed by atoms with Crippen molar-refractivity contribution in [3.8, 4) is 0 Å². The summed E-state index contributed by atoms with van der Waals surface area (Å²) in [6, 6.07) is 12.5. The zero-order valence-corrected chi connectivity index (χ0v) is 19.7. The number of nitrogens with zero attached hydrogens (tertiary/aromatic N) is 1. The van der Waals surface area contributed by atoms with Gasteiger partial charge in [-0.05, 0) is 42.3 Å². The molecule has 1 saturated heterocycles. The SMILES string of the molecule is N[C@@H](CC(=O)N1CCC(NS(=O)(=O)c2cccc3ccccc23)CC1)Cc1cc(F)c(F)cc1F. The number of nitrogens with two attached hydrogens (primary N) is 1. The number of piperidine rings is 1. The van der Waals surface area contributed by atoms with E-state index in [9.17, 15) is 26.4 Å². The maximum absolute atomic E-state index is 13.9. The first-order chi connectivity index (χ1) is 16.6. The molecule has 35 heavy (non-hydrogen) atoms. The quantitative estimate of drug-likeness (QED) is 0.481. The molecule has 1 fully saturated rings. The van der Waals surface area contributed by atoms with E-state index in [0.717, 1.165) is 11.5 Å². The molecule has 1 atom stereocenters.